The van der Waals surface area contributed by atoms with Crippen LogP contribution in [-0.2, 0) is 11.3 Å². The molecule has 1 aromatic rings. The zero-order chi connectivity index (χ0) is 11.4. The van der Waals surface area contributed by atoms with E-state index in [0.29, 0.717) is 11.2 Å². The first-order chi connectivity index (χ1) is 7.04. The lowest BCUT2D eigenvalue weighted by Crippen LogP contribution is -2.30. The lowest BCUT2D eigenvalue weighted by atomic mass is 10.1. The molecule has 1 rings (SSSR count). The Morgan fingerprint density at radius 2 is 2.27 bits per heavy atom. The topological polar surface area (TPSA) is 33.5 Å². The molecule has 4 heteroatoms. The zero-order valence-electron chi connectivity index (χ0n) is 9.29. The lowest BCUT2D eigenvalue weighted by Gasteiger charge is -2.19. The average Bonchev–Trinajstić information content (AvgIpc) is 2.61. The van der Waals surface area contributed by atoms with Gasteiger partial charge in [-0.15, -0.1) is 0 Å². The predicted octanol–water partition coefficient (Wildman–Crippen LogP) is 3.05. The van der Waals surface area contributed by atoms with Crippen molar-refractivity contribution < 1.29 is 9.21 Å². The SMILES string of the molecule is CCC(C)C(=O)N(C)Cc1ccc(Br)o1. The van der Waals surface area contributed by atoms with E-state index in [1.54, 1.807) is 11.9 Å². The molecule has 0 spiro atoms. The van der Waals surface area contributed by atoms with E-state index in [-0.39, 0.29) is 11.8 Å². The minimum absolute atomic E-state index is 0.0772. The third-order valence-corrected chi connectivity index (χ3v) is 2.86. The molecule has 0 aliphatic heterocycles. The normalized spacial score (nSPS) is 12.5. The fourth-order valence-corrected chi connectivity index (χ4v) is 1.64. The van der Waals surface area contributed by atoms with Gasteiger partial charge in [-0.05, 0) is 34.5 Å². The highest BCUT2D eigenvalue weighted by Crippen LogP contribution is 2.16. The number of nitrogens with zero attached hydrogens (tertiary/aromatic N) is 1. The van der Waals surface area contributed by atoms with Crippen molar-refractivity contribution in [3.63, 3.8) is 0 Å². The van der Waals surface area contributed by atoms with E-state index >= 15 is 0 Å². The second kappa shape index (κ2) is 5.35. The van der Waals surface area contributed by atoms with Gasteiger partial charge < -0.3 is 9.32 Å². The van der Waals surface area contributed by atoms with Gasteiger partial charge in [0.25, 0.3) is 0 Å². The Hall–Kier alpha value is -0.770. The molecule has 0 bridgehead atoms. The van der Waals surface area contributed by atoms with Gasteiger partial charge in [-0.2, -0.15) is 0 Å². The Bertz CT molecular complexity index is 335. The van der Waals surface area contributed by atoms with Crippen LogP contribution in [0.25, 0.3) is 0 Å². The summed E-state index contributed by atoms with van der Waals surface area (Å²) in [6.07, 6.45) is 0.866. The number of amides is 1. The summed E-state index contributed by atoms with van der Waals surface area (Å²) in [6, 6.07) is 3.70. The first-order valence-corrected chi connectivity index (χ1v) is 5.83. The molecular weight excluding hydrogens is 258 g/mol. The summed E-state index contributed by atoms with van der Waals surface area (Å²) >= 11 is 3.23. The number of carbonyl (C=O) groups is 1. The van der Waals surface area contributed by atoms with Gasteiger partial charge in [-0.3, -0.25) is 4.79 Å². The van der Waals surface area contributed by atoms with E-state index in [9.17, 15) is 4.79 Å². The van der Waals surface area contributed by atoms with Crippen LogP contribution in [0.3, 0.4) is 0 Å². The molecule has 0 N–H and O–H groups in total. The van der Waals surface area contributed by atoms with Gasteiger partial charge in [0.2, 0.25) is 5.91 Å². The van der Waals surface area contributed by atoms with Crippen LogP contribution in [0.4, 0.5) is 0 Å². The Morgan fingerprint density at radius 3 is 2.73 bits per heavy atom. The molecule has 0 saturated carbocycles. The fourth-order valence-electron chi connectivity index (χ4n) is 1.30. The van der Waals surface area contributed by atoms with Crippen LogP contribution in [0.5, 0.6) is 0 Å². The molecule has 15 heavy (non-hydrogen) atoms. The van der Waals surface area contributed by atoms with Crippen LogP contribution >= 0.6 is 15.9 Å². The van der Waals surface area contributed by atoms with E-state index in [1.165, 1.54) is 0 Å². The van der Waals surface area contributed by atoms with Gasteiger partial charge in [0, 0.05) is 13.0 Å². The van der Waals surface area contributed by atoms with E-state index < -0.39 is 0 Å². The molecule has 1 unspecified atom stereocenters. The van der Waals surface area contributed by atoms with E-state index in [0.717, 1.165) is 12.2 Å². The molecule has 1 aromatic heterocycles. The maximum atomic E-state index is 11.8. The Labute approximate surface area is 98.6 Å². The van der Waals surface area contributed by atoms with Crippen LogP contribution in [0.15, 0.2) is 21.2 Å². The number of hydrogen-bond donors (Lipinski definition) is 0. The molecule has 1 heterocycles. The maximum absolute atomic E-state index is 11.8. The van der Waals surface area contributed by atoms with E-state index in [4.69, 9.17) is 4.42 Å². The van der Waals surface area contributed by atoms with Crippen molar-refractivity contribution >= 4 is 21.8 Å². The molecule has 1 amide bonds. The molecule has 0 radical (unpaired) electrons. The van der Waals surface area contributed by atoms with Crippen molar-refractivity contribution in [3.8, 4) is 0 Å². The monoisotopic (exact) mass is 273 g/mol. The molecule has 0 aliphatic rings. The average molecular weight is 274 g/mol. The number of halogens is 1. The molecule has 0 aliphatic carbocycles. The molecule has 0 fully saturated rings. The Balaban J connectivity index is 2.55. The highest BCUT2D eigenvalue weighted by Gasteiger charge is 2.16. The molecule has 1 atom stereocenters. The highest BCUT2D eigenvalue weighted by atomic mass is 79.9. The minimum atomic E-state index is 0.0772. The van der Waals surface area contributed by atoms with Crippen LogP contribution < -0.4 is 0 Å². The van der Waals surface area contributed by atoms with Crippen molar-refractivity contribution in [1.29, 1.82) is 0 Å². The summed E-state index contributed by atoms with van der Waals surface area (Å²) in [5.41, 5.74) is 0. The summed E-state index contributed by atoms with van der Waals surface area (Å²) in [4.78, 5) is 13.5. The van der Waals surface area contributed by atoms with Gasteiger partial charge in [-0.1, -0.05) is 13.8 Å². The number of rotatable bonds is 4. The van der Waals surface area contributed by atoms with Crippen molar-refractivity contribution in [2.75, 3.05) is 7.05 Å². The molecular formula is C11H16BrNO2. The van der Waals surface area contributed by atoms with Crippen molar-refractivity contribution in [2.24, 2.45) is 5.92 Å². The highest BCUT2D eigenvalue weighted by molar-refractivity contribution is 9.10. The number of furan rings is 1. The molecule has 0 saturated heterocycles. The molecule has 0 aromatic carbocycles. The molecule has 3 nitrogen and oxygen atoms in total. The Morgan fingerprint density at radius 1 is 1.60 bits per heavy atom. The van der Waals surface area contributed by atoms with Crippen molar-refractivity contribution in [2.45, 2.75) is 26.8 Å². The third-order valence-electron chi connectivity index (χ3n) is 2.43. The Kier molecular flexibility index (Phi) is 4.39. The first kappa shape index (κ1) is 12.3. The van der Waals surface area contributed by atoms with Gasteiger partial charge in [0.05, 0.1) is 6.54 Å². The summed E-state index contributed by atoms with van der Waals surface area (Å²) in [6.45, 7) is 4.48. The first-order valence-electron chi connectivity index (χ1n) is 5.03. The summed E-state index contributed by atoms with van der Waals surface area (Å²) in [7, 11) is 1.80. The van der Waals surface area contributed by atoms with Gasteiger partial charge in [0.15, 0.2) is 4.67 Å². The third kappa shape index (κ3) is 3.38. The minimum Gasteiger partial charge on any atom is -0.452 e. The second-order valence-corrected chi connectivity index (χ2v) is 4.49. The number of carbonyl (C=O) groups excluding carboxylic acids is 1. The predicted molar refractivity (Wildman–Crippen MR) is 62.3 cm³/mol. The van der Waals surface area contributed by atoms with Crippen LogP contribution in [0, 0.1) is 5.92 Å². The van der Waals surface area contributed by atoms with E-state index in [2.05, 4.69) is 15.9 Å². The maximum Gasteiger partial charge on any atom is 0.225 e. The van der Waals surface area contributed by atoms with Gasteiger partial charge >= 0.3 is 0 Å². The van der Waals surface area contributed by atoms with Crippen LogP contribution in [0.2, 0.25) is 0 Å². The van der Waals surface area contributed by atoms with E-state index in [1.807, 2.05) is 26.0 Å². The second-order valence-electron chi connectivity index (χ2n) is 3.71. The van der Waals surface area contributed by atoms with Crippen molar-refractivity contribution in [3.05, 3.63) is 22.6 Å². The standard InChI is InChI=1S/C11H16BrNO2/c1-4-8(2)11(14)13(3)7-9-5-6-10(12)15-9/h5-6,8H,4,7H2,1-3H3. The summed E-state index contributed by atoms with van der Waals surface area (Å²) in [5, 5.41) is 0. The largest absolute Gasteiger partial charge is 0.452 e. The smallest absolute Gasteiger partial charge is 0.225 e. The zero-order valence-corrected chi connectivity index (χ0v) is 10.9. The quantitative estimate of drug-likeness (QED) is 0.845. The van der Waals surface area contributed by atoms with Crippen LogP contribution in [0.1, 0.15) is 26.0 Å². The number of hydrogen-bond acceptors (Lipinski definition) is 2. The lowest BCUT2D eigenvalue weighted by molar-refractivity contribution is -0.134. The summed E-state index contributed by atoms with van der Waals surface area (Å²) in [5.74, 6) is 1.03. The van der Waals surface area contributed by atoms with Crippen LogP contribution in [-0.4, -0.2) is 17.9 Å². The fraction of sp³-hybridized carbons (Fsp3) is 0.545. The van der Waals surface area contributed by atoms with Crippen molar-refractivity contribution in [1.82, 2.24) is 4.90 Å². The molecule has 84 valence electrons. The van der Waals surface area contributed by atoms with Gasteiger partial charge in [-0.25, -0.2) is 0 Å². The summed E-state index contributed by atoms with van der Waals surface area (Å²) < 4.78 is 6.04. The van der Waals surface area contributed by atoms with Gasteiger partial charge in [0.1, 0.15) is 5.76 Å².